The van der Waals surface area contributed by atoms with Gasteiger partial charge in [0.25, 0.3) is 0 Å². The van der Waals surface area contributed by atoms with Crippen LogP contribution in [0.25, 0.3) is 0 Å². The smallest absolute Gasteiger partial charge is 0.0883 e. The summed E-state index contributed by atoms with van der Waals surface area (Å²) in [5.74, 6) is 0.480. The topological polar surface area (TPSA) is 20.2 Å². The van der Waals surface area contributed by atoms with Crippen molar-refractivity contribution < 1.29 is 5.11 Å². The monoisotopic (exact) mass is 126 g/mol. The molecule has 0 heterocycles. The first-order valence-corrected chi connectivity index (χ1v) is 3.26. The minimum Gasteiger partial charge on any atom is -0.513 e. The van der Waals surface area contributed by atoms with Crippen molar-refractivity contribution in [3.63, 3.8) is 0 Å². The molecule has 1 nitrogen and oxygen atoms in total. The maximum atomic E-state index is 8.91. The Bertz CT molecular complexity index is 112. The molecule has 0 spiro atoms. The second-order valence-electron chi connectivity index (χ2n) is 1.89. The van der Waals surface area contributed by atoms with E-state index < -0.39 is 0 Å². The van der Waals surface area contributed by atoms with Gasteiger partial charge in [0.15, 0.2) is 0 Å². The Labute approximate surface area is 56.7 Å². The lowest BCUT2D eigenvalue weighted by molar-refractivity contribution is 0.388. The molecular weight excluding hydrogens is 112 g/mol. The lowest BCUT2D eigenvalue weighted by Gasteiger charge is -1.92. The van der Waals surface area contributed by atoms with E-state index in [-0.39, 0.29) is 0 Å². The molecule has 0 fully saturated rings. The van der Waals surface area contributed by atoms with Gasteiger partial charge in [-0.15, -0.1) is 0 Å². The van der Waals surface area contributed by atoms with E-state index in [9.17, 15) is 0 Å². The minimum atomic E-state index is 0.480. The van der Waals surface area contributed by atoms with Crippen molar-refractivity contribution in [2.45, 2.75) is 26.7 Å². The van der Waals surface area contributed by atoms with Crippen molar-refractivity contribution in [1.82, 2.24) is 0 Å². The summed E-state index contributed by atoms with van der Waals surface area (Å²) in [5, 5.41) is 8.91. The molecule has 0 radical (unpaired) electrons. The Balaban J connectivity index is 3.28. The van der Waals surface area contributed by atoms with Crippen LogP contribution in [0.2, 0.25) is 0 Å². The number of hydrogen-bond donors (Lipinski definition) is 1. The van der Waals surface area contributed by atoms with Gasteiger partial charge in [-0.25, -0.2) is 0 Å². The average Bonchev–Trinajstić information content (AvgIpc) is 1.89. The van der Waals surface area contributed by atoms with Crippen molar-refractivity contribution in [3.8, 4) is 0 Å². The van der Waals surface area contributed by atoms with Gasteiger partial charge in [0.05, 0.1) is 5.76 Å². The lowest BCUT2D eigenvalue weighted by Crippen LogP contribution is -1.77. The molecule has 0 aromatic heterocycles. The quantitative estimate of drug-likeness (QED) is 0.455. The largest absolute Gasteiger partial charge is 0.513 e. The molecule has 0 aromatic rings. The predicted octanol–water partition coefficient (Wildman–Crippen LogP) is 2.80. The van der Waals surface area contributed by atoms with Gasteiger partial charge in [-0.2, -0.15) is 0 Å². The summed E-state index contributed by atoms with van der Waals surface area (Å²) in [6, 6.07) is 0. The van der Waals surface area contributed by atoms with Crippen molar-refractivity contribution >= 4 is 0 Å². The zero-order chi connectivity index (χ0) is 7.11. The zero-order valence-corrected chi connectivity index (χ0v) is 6.09. The first kappa shape index (κ1) is 8.28. The van der Waals surface area contributed by atoms with E-state index in [1.54, 1.807) is 6.08 Å². The van der Waals surface area contributed by atoms with E-state index >= 15 is 0 Å². The molecule has 0 bridgehead atoms. The molecule has 52 valence electrons. The van der Waals surface area contributed by atoms with E-state index in [4.69, 9.17) is 5.11 Å². The highest BCUT2D eigenvalue weighted by atomic mass is 16.3. The Morgan fingerprint density at radius 2 is 2.11 bits per heavy atom. The van der Waals surface area contributed by atoms with E-state index in [1.165, 1.54) is 0 Å². The second-order valence-corrected chi connectivity index (χ2v) is 1.89. The summed E-state index contributed by atoms with van der Waals surface area (Å²) < 4.78 is 0. The molecule has 0 aliphatic rings. The fourth-order valence-corrected chi connectivity index (χ4v) is 0.542. The molecule has 0 aliphatic carbocycles. The fraction of sp³-hybridized carbons (Fsp3) is 0.500. The minimum absolute atomic E-state index is 0.480. The Morgan fingerprint density at radius 3 is 2.56 bits per heavy atom. The summed E-state index contributed by atoms with van der Waals surface area (Å²) >= 11 is 0. The summed E-state index contributed by atoms with van der Waals surface area (Å²) in [7, 11) is 0. The Kier molecular flexibility index (Phi) is 4.98. The molecule has 0 aromatic carbocycles. The molecule has 0 saturated heterocycles. The average molecular weight is 126 g/mol. The van der Waals surface area contributed by atoms with Crippen LogP contribution in [0.15, 0.2) is 24.0 Å². The summed E-state index contributed by atoms with van der Waals surface area (Å²) in [6.07, 6.45) is 7.46. The van der Waals surface area contributed by atoms with Gasteiger partial charge in [-0.05, 0) is 26.3 Å². The Hall–Kier alpha value is -0.720. The zero-order valence-electron chi connectivity index (χ0n) is 6.09. The van der Waals surface area contributed by atoms with Gasteiger partial charge in [-0.1, -0.05) is 12.2 Å². The predicted molar refractivity (Wildman–Crippen MR) is 40.4 cm³/mol. The van der Waals surface area contributed by atoms with Crippen LogP contribution in [0, 0.1) is 0 Å². The standard InChI is InChI=1S/C8H14O/c1-3-5-6-7-8(9)4-2/h3-5,9H,6-7H2,1-2H3/b5-3-,8-4+. The van der Waals surface area contributed by atoms with E-state index in [2.05, 4.69) is 0 Å². The van der Waals surface area contributed by atoms with E-state index in [1.807, 2.05) is 26.0 Å². The van der Waals surface area contributed by atoms with Crippen LogP contribution < -0.4 is 0 Å². The number of aliphatic hydroxyl groups excluding tert-OH is 1. The molecular formula is C8H14O. The maximum Gasteiger partial charge on any atom is 0.0883 e. The van der Waals surface area contributed by atoms with Crippen LogP contribution in [0.3, 0.4) is 0 Å². The van der Waals surface area contributed by atoms with E-state index in [0.29, 0.717) is 5.76 Å². The molecule has 1 N–H and O–H groups in total. The van der Waals surface area contributed by atoms with Gasteiger partial charge < -0.3 is 5.11 Å². The van der Waals surface area contributed by atoms with Gasteiger partial charge in [0.2, 0.25) is 0 Å². The summed E-state index contributed by atoms with van der Waals surface area (Å²) in [6.45, 7) is 3.82. The summed E-state index contributed by atoms with van der Waals surface area (Å²) in [5.41, 5.74) is 0. The molecule has 0 atom stereocenters. The molecule has 0 unspecified atom stereocenters. The normalized spacial score (nSPS) is 12.9. The van der Waals surface area contributed by atoms with Crippen LogP contribution in [0.5, 0.6) is 0 Å². The third kappa shape index (κ3) is 5.15. The first-order chi connectivity index (χ1) is 4.31. The highest BCUT2D eigenvalue weighted by Gasteiger charge is 1.85. The molecule has 1 heteroatoms. The van der Waals surface area contributed by atoms with E-state index in [0.717, 1.165) is 12.8 Å². The van der Waals surface area contributed by atoms with Gasteiger partial charge in [-0.3, -0.25) is 0 Å². The van der Waals surface area contributed by atoms with Crippen LogP contribution in [-0.4, -0.2) is 5.11 Å². The molecule has 0 aliphatic heterocycles. The lowest BCUT2D eigenvalue weighted by atomic mass is 10.2. The highest BCUT2D eigenvalue weighted by molar-refractivity contribution is 4.90. The van der Waals surface area contributed by atoms with Crippen LogP contribution in [0.4, 0.5) is 0 Å². The van der Waals surface area contributed by atoms with Crippen LogP contribution in [0.1, 0.15) is 26.7 Å². The number of hydrogen-bond acceptors (Lipinski definition) is 1. The molecule has 0 saturated carbocycles. The van der Waals surface area contributed by atoms with Crippen molar-refractivity contribution in [1.29, 1.82) is 0 Å². The highest BCUT2D eigenvalue weighted by Crippen LogP contribution is 2.00. The third-order valence-electron chi connectivity index (χ3n) is 1.14. The van der Waals surface area contributed by atoms with Gasteiger partial charge in [0, 0.05) is 6.42 Å². The van der Waals surface area contributed by atoms with Crippen molar-refractivity contribution in [2.75, 3.05) is 0 Å². The van der Waals surface area contributed by atoms with Crippen molar-refractivity contribution in [3.05, 3.63) is 24.0 Å². The number of rotatable bonds is 3. The fourth-order valence-electron chi connectivity index (χ4n) is 0.542. The maximum absolute atomic E-state index is 8.91. The van der Waals surface area contributed by atoms with Crippen LogP contribution in [-0.2, 0) is 0 Å². The SMILES string of the molecule is C/C=C\CC/C(O)=C\C. The molecule has 0 amide bonds. The van der Waals surface area contributed by atoms with Crippen molar-refractivity contribution in [2.24, 2.45) is 0 Å². The second kappa shape index (κ2) is 5.42. The summed E-state index contributed by atoms with van der Waals surface area (Å²) in [4.78, 5) is 0. The number of aliphatic hydroxyl groups is 1. The van der Waals surface area contributed by atoms with Gasteiger partial charge in [0.1, 0.15) is 0 Å². The Morgan fingerprint density at radius 1 is 1.44 bits per heavy atom. The van der Waals surface area contributed by atoms with Crippen LogP contribution >= 0.6 is 0 Å². The number of allylic oxidation sites excluding steroid dienone is 4. The molecule has 9 heavy (non-hydrogen) atoms. The first-order valence-electron chi connectivity index (χ1n) is 3.26. The molecule has 0 rings (SSSR count). The third-order valence-corrected chi connectivity index (χ3v) is 1.14. The van der Waals surface area contributed by atoms with Gasteiger partial charge >= 0.3 is 0 Å².